The third-order valence-corrected chi connectivity index (χ3v) is 6.16. The van der Waals surface area contributed by atoms with Gasteiger partial charge in [-0.15, -0.1) is 0 Å². The second-order valence-electron chi connectivity index (χ2n) is 7.21. The van der Waals surface area contributed by atoms with Gasteiger partial charge < -0.3 is 10.2 Å². The normalized spacial score (nSPS) is 34.6. The molecule has 3 nitrogen and oxygen atoms in total. The lowest BCUT2D eigenvalue weighted by Crippen LogP contribution is -2.36. The van der Waals surface area contributed by atoms with Crippen LogP contribution >= 0.6 is 0 Å². The quantitative estimate of drug-likeness (QED) is 0.816. The van der Waals surface area contributed by atoms with E-state index < -0.39 is 5.97 Å². The molecule has 1 aromatic rings. The molecule has 0 amide bonds. The zero-order valence-electron chi connectivity index (χ0n) is 13.6. The van der Waals surface area contributed by atoms with Crippen LogP contribution in [0.25, 0.3) is 0 Å². The van der Waals surface area contributed by atoms with E-state index in [9.17, 15) is 9.90 Å². The van der Waals surface area contributed by atoms with Crippen molar-refractivity contribution in [1.29, 1.82) is 0 Å². The molecule has 0 radical (unpaired) electrons. The minimum Gasteiger partial charge on any atom is -0.478 e. The average Bonchev–Trinajstić information content (AvgIpc) is 2.81. The molecule has 0 aliphatic heterocycles. The van der Waals surface area contributed by atoms with Gasteiger partial charge >= 0.3 is 5.97 Å². The number of carboxylic acids is 1. The maximum absolute atomic E-state index is 10.7. The lowest BCUT2D eigenvalue weighted by molar-refractivity contribution is -0.131. The summed E-state index contributed by atoms with van der Waals surface area (Å²) in [5.74, 6) is -0.0140. The van der Waals surface area contributed by atoms with Crippen LogP contribution in [-0.2, 0) is 4.79 Å². The summed E-state index contributed by atoms with van der Waals surface area (Å²) >= 11 is 0. The van der Waals surface area contributed by atoms with Gasteiger partial charge in [0.25, 0.3) is 0 Å². The van der Waals surface area contributed by atoms with Crippen LogP contribution in [0.1, 0.15) is 45.1 Å². The number of hydrogen-bond donors (Lipinski definition) is 2. The molecule has 3 rings (SSSR count). The third-order valence-electron chi connectivity index (χ3n) is 6.16. The SMILES string of the molecule is C=CC(=O)O.CC1(C)[C@@H]2CC[C@]1(C)[C@@H](O)C2c1ccccc1. The van der Waals surface area contributed by atoms with Gasteiger partial charge in [0.15, 0.2) is 0 Å². The van der Waals surface area contributed by atoms with E-state index in [0.717, 1.165) is 6.08 Å². The fraction of sp³-hybridized carbons (Fsp3) is 0.526. The standard InChI is InChI=1S/C16H22O.C3H4O2/c1-15(2)12-9-10-16(15,3)14(17)13(12)11-7-5-4-6-8-11;1-2-3(4)5/h4-8,12-14,17H,9-10H2,1-3H3;2H,1H2,(H,4,5)/t12-,13?,14+,16-;/m1./s1. The van der Waals surface area contributed by atoms with E-state index in [-0.39, 0.29) is 16.9 Å². The van der Waals surface area contributed by atoms with Crippen LogP contribution < -0.4 is 0 Å². The number of hydrogen-bond acceptors (Lipinski definition) is 2. The lowest BCUT2D eigenvalue weighted by Gasteiger charge is -2.37. The molecule has 3 heteroatoms. The largest absolute Gasteiger partial charge is 0.478 e. The van der Waals surface area contributed by atoms with Crippen molar-refractivity contribution in [3.8, 4) is 0 Å². The molecule has 1 unspecified atom stereocenters. The van der Waals surface area contributed by atoms with Crippen LogP contribution in [0.4, 0.5) is 0 Å². The van der Waals surface area contributed by atoms with Crippen molar-refractivity contribution in [2.45, 2.75) is 45.6 Å². The van der Waals surface area contributed by atoms with Gasteiger partial charge in [-0.2, -0.15) is 0 Å². The van der Waals surface area contributed by atoms with Gasteiger partial charge in [-0.05, 0) is 35.2 Å². The van der Waals surface area contributed by atoms with Crippen molar-refractivity contribution in [1.82, 2.24) is 0 Å². The summed E-state index contributed by atoms with van der Waals surface area (Å²) < 4.78 is 0. The van der Waals surface area contributed by atoms with Gasteiger partial charge in [-0.1, -0.05) is 57.7 Å². The van der Waals surface area contributed by atoms with Gasteiger partial charge in [-0.3, -0.25) is 0 Å². The second-order valence-corrected chi connectivity index (χ2v) is 7.21. The Hall–Kier alpha value is -1.61. The Morgan fingerprint density at radius 3 is 2.23 bits per heavy atom. The van der Waals surface area contributed by atoms with Crippen LogP contribution in [0.15, 0.2) is 43.0 Å². The van der Waals surface area contributed by atoms with E-state index in [1.54, 1.807) is 0 Å². The number of aliphatic hydroxyl groups excluding tert-OH is 1. The van der Waals surface area contributed by atoms with Crippen LogP contribution in [-0.4, -0.2) is 22.3 Å². The van der Waals surface area contributed by atoms with E-state index >= 15 is 0 Å². The summed E-state index contributed by atoms with van der Waals surface area (Å²) in [4.78, 5) is 9.25. The fourth-order valence-electron chi connectivity index (χ4n) is 4.43. The van der Waals surface area contributed by atoms with E-state index in [1.807, 2.05) is 0 Å². The molecule has 0 saturated heterocycles. The number of aliphatic carboxylic acids is 1. The molecule has 0 spiro atoms. The number of carbonyl (C=O) groups is 1. The van der Waals surface area contributed by atoms with Crippen LogP contribution in [0.2, 0.25) is 0 Å². The molecule has 1 aromatic carbocycles. The highest BCUT2D eigenvalue weighted by Crippen LogP contribution is 2.69. The molecule has 22 heavy (non-hydrogen) atoms. The smallest absolute Gasteiger partial charge is 0.327 e. The molecule has 2 saturated carbocycles. The van der Waals surface area contributed by atoms with E-state index in [4.69, 9.17) is 5.11 Å². The van der Waals surface area contributed by atoms with Gasteiger partial charge in [0.1, 0.15) is 0 Å². The van der Waals surface area contributed by atoms with E-state index in [2.05, 4.69) is 57.7 Å². The Bertz CT molecular complexity index is 549. The lowest BCUT2D eigenvalue weighted by atomic mass is 9.70. The summed E-state index contributed by atoms with van der Waals surface area (Å²) in [6, 6.07) is 10.6. The van der Waals surface area contributed by atoms with Crippen LogP contribution in [0.5, 0.6) is 0 Å². The molecule has 4 atom stereocenters. The van der Waals surface area contributed by atoms with Crippen molar-refractivity contribution in [3.05, 3.63) is 48.6 Å². The monoisotopic (exact) mass is 302 g/mol. The van der Waals surface area contributed by atoms with Crippen molar-refractivity contribution < 1.29 is 15.0 Å². The summed E-state index contributed by atoms with van der Waals surface area (Å²) in [6.45, 7) is 9.93. The Morgan fingerprint density at radius 2 is 1.82 bits per heavy atom. The zero-order chi connectivity index (χ0) is 16.5. The van der Waals surface area contributed by atoms with Crippen molar-refractivity contribution in [2.75, 3.05) is 0 Å². The molecule has 2 N–H and O–H groups in total. The fourth-order valence-corrected chi connectivity index (χ4v) is 4.43. The third kappa shape index (κ3) is 2.48. The molecule has 2 aliphatic carbocycles. The first kappa shape index (κ1) is 16.8. The highest BCUT2D eigenvalue weighted by atomic mass is 16.4. The zero-order valence-corrected chi connectivity index (χ0v) is 13.6. The molecular formula is C19H26O3. The Morgan fingerprint density at radius 1 is 1.27 bits per heavy atom. The van der Waals surface area contributed by atoms with Crippen molar-refractivity contribution >= 4 is 5.97 Å². The highest BCUT2D eigenvalue weighted by molar-refractivity contribution is 5.78. The number of rotatable bonds is 2. The van der Waals surface area contributed by atoms with Crippen LogP contribution in [0.3, 0.4) is 0 Å². The first-order chi connectivity index (χ1) is 10.3. The number of fused-ring (bicyclic) bond motifs is 2. The Balaban J connectivity index is 0.000000309. The van der Waals surface area contributed by atoms with Crippen molar-refractivity contribution in [3.63, 3.8) is 0 Å². The summed E-state index contributed by atoms with van der Waals surface area (Å²) in [6.07, 6.45) is 3.09. The Labute approximate surface area is 132 Å². The second kappa shape index (κ2) is 5.88. The molecule has 120 valence electrons. The predicted octanol–water partition coefficient (Wildman–Crippen LogP) is 3.84. The molecule has 2 bridgehead atoms. The van der Waals surface area contributed by atoms with Gasteiger partial charge in [0, 0.05) is 12.0 Å². The summed E-state index contributed by atoms with van der Waals surface area (Å²) in [5, 5.41) is 18.3. The number of aliphatic hydroxyl groups is 1. The van der Waals surface area contributed by atoms with E-state index in [1.165, 1.54) is 18.4 Å². The van der Waals surface area contributed by atoms with Crippen molar-refractivity contribution in [2.24, 2.45) is 16.7 Å². The summed E-state index contributed by atoms with van der Waals surface area (Å²) in [5.41, 5.74) is 1.67. The molecule has 2 fully saturated rings. The summed E-state index contributed by atoms with van der Waals surface area (Å²) in [7, 11) is 0. The van der Waals surface area contributed by atoms with E-state index in [0.29, 0.717) is 11.8 Å². The maximum Gasteiger partial charge on any atom is 0.327 e. The molecule has 2 aliphatic rings. The highest BCUT2D eigenvalue weighted by Gasteiger charge is 2.65. The number of carboxylic acid groups (broad SMARTS) is 1. The predicted molar refractivity (Wildman–Crippen MR) is 87.6 cm³/mol. The van der Waals surface area contributed by atoms with Gasteiger partial charge in [0.05, 0.1) is 6.10 Å². The first-order valence-electron chi connectivity index (χ1n) is 7.84. The molecule has 0 aromatic heterocycles. The first-order valence-corrected chi connectivity index (χ1v) is 7.84. The number of benzene rings is 1. The minimum atomic E-state index is -0.981. The molecular weight excluding hydrogens is 276 g/mol. The van der Waals surface area contributed by atoms with Gasteiger partial charge in [-0.25, -0.2) is 4.79 Å². The topological polar surface area (TPSA) is 57.5 Å². The van der Waals surface area contributed by atoms with Crippen LogP contribution in [0, 0.1) is 16.7 Å². The molecule has 0 heterocycles. The Kier molecular flexibility index (Phi) is 4.48. The average molecular weight is 302 g/mol. The van der Waals surface area contributed by atoms with Gasteiger partial charge in [0.2, 0.25) is 0 Å². The maximum atomic E-state index is 10.7. The minimum absolute atomic E-state index is 0.0954.